The normalized spacial score (nSPS) is 11.1. The van der Waals surface area contributed by atoms with E-state index in [1.807, 2.05) is 47.4 Å². The van der Waals surface area contributed by atoms with Gasteiger partial charge < -0.3 is 9.73 Å². The van der Waals surface area contributed by atoms with Gasteiger partial charge >= 0.3 is 0 Å². The molecule has 0 atom stereocenters. The molecule has 1 heterocycles. The molecule has 1 amide bonds. The summed E-state index contributed by atoms with van der Waals surface area (Å²) in [4.78, 5) is 14.4. The molecule has 0 fully saturated rings. The lowest BCUT2D eigenvalue weighted by Crippen LogP contribution is -2.38. The summed E-state index contributed by atoms with van der Waals surface area (Å²) in [5.41, 5.74) is 1.82. The summed E-state index contributed by atoms with van der Waals surface area (Å²) >= 11 is 12.1. The van der Waals surface area contributed by atoms with Gasteiger partial charge in [0, 0.05) is 11.6 Å². The van der Waals surface area contributed by atoms with E-state index in [2.05, 4.69) is 22.4 Å². The van der Waals surface area contributed by atoms with E-state index in [-0.39, 0.29) is 12.5 Å². The molecule has 6 nitrogen and oxygen atoms in total. The lowest BCUT2D eigenvalue weighted by molar-refractivity contribution is -0.122. The predicted molar refractivity (Wildman–Crippen MR) is 118 cm³/mol. The molecule has 0 aliphatic carbocycles. The van der Waals surface area contributed by atoms with Gasteiger partial charge in [0.25, 0.3) is 0 Å². The summed E-state index contributed by atoms with van der Waals surface area (Å²) in [6.07, 6.45) is 1.66. The van der Waals surface area contributed by atoms with Crippen molar-refractivity contribution in [2.45, 2.75) is 26.3 Å². The highest BCUT2D eigenvalue weighted by atomic mass is 35.5. The first-order valence-corrected chi connectivity index (χ1v) is 10.6. The third-order valence-corrected chi connectivity index (χ3v) is 5.07. The Morgan fingerprint density at radius 1 is 1.10 bits per heavy atom. The van der Waals surface area contributed by atoms with Crippen LogP contribution in [0.1, 0.15) is 24.8 Å². The van der Waals surface area contributed by atoms with Crippen molar-refractivity contribution in [3.05, 3.63) is 70.0 Å². The molecule has 0 aliphatic heterocycles. The number of nitrogens with one attached hydrogen (secondary N) is 1. The molecule has 1 aromatic heterocycles. The summed E-state index contributed by atoms with van der Waals surface area (Å²) in [7, 11) is 0. The van der Waals surface area contributed by atoms with Gasteiger partial charge in [-0.3, -0.25) is 9.69 Å². The Morgan fingerprint density at radius 2 is 1.87 bits per heavy atom. The molecule has 3 aromatic rings. The van der Waals surface area contributed by atoms with Crippen LogP contribution in [0.15, 0.2) is 52.9 Å². The fourth-order valence-corrected chi connectivity index (χ4v) is 3.38. The van der Waals surface area contributed by atoms with Crippen molar-refractivity contribution >= 4 is 29.1 Å². The van der Waals surface area contributed by atoms with Gasteiger partial charge in [0.05, 0.1) is 23.7 Å². The molecular weight excluding hydrogens is 423 g/mol. The van der Waals surface area contributed by atoms with E-state index in [0.29, 0.717) is 40.5 Å². The zero-order chi connectivity index (χ0) is 21.3. The Balaban J connectivity index is 1.52. The highest BCUT2D eigenvalue weighted by Crippen LogP contribution is 2.26. The van der Waals surface area contributed by atoms with Crippen molar-refractivity contribution in [1.29, 1.82) is 0 Å². The number of nitrogens with zero attached hydrogens (tertiary/aromatic N) is 3. The number of hydrogen-bond donors (Lipinski definition) is 1. The number of carbonyl (C=O) groups is 1. The minimum absolute atomic E-state index is 0.0387. The highest BCUT2D eigenvalue weighted by molar-refractivity contribution is 6.33. The van der Waals surface area contributed by atoms with Crippen LogP contribution >= 0.6 is 23.2 Å². The minimum Gasteiger partial charge on any atom is -0.419 e. The van der Waals surface area contributed by atoms with E-state index in [0.717, 1.165) is 24.9 Å². The monoisotopic (exact) mass is 446 g/mol. The minimum atomic E-state index is -0.0387. The van der Waals surface area contributed by atoms with Crippen LogP contribution < -0.4 is 5.32 Å². The Labute approximate surface area is 186 Å². The van der Waals surface area contributed by atoms with Gasteiger partial charge in [-0.1, -0.05) is 54.4 Å². The number of halogens is 2. The van der Waals surface area contributed by atoms with Crippen LogP contribution in [-0.4, -0.2) is 40.6 Å². The number of amides is 1. The van der Waals surface area contributed by atoms with Crippen molar-refractivity contribution in [3.63, 3.8) is 0 Å². The third kappa shape index (κ3) is 6.55. The summed E-state index contributed by atoms with van der Waals surface area (Å²) in [6.45, 7) is 4.04. The second-order valence-electron chi connectivity index (χ2n) is 6.92. The van der Waals surface area contributed by atoms with Gasteiger partial charge in [-0.05, 0) is 49.2 Å². The van der Waals surface area contributed by atoms with Gasteiger partial charge in [-0.15, -0.1) is 10.2 Å². The first kappa shape index (κ1) is 22.3. The number of rotatable bonds is 10. The highest BCUT2D eigenvalue weighted by Gasteiger charge is 2.16. The first-order chi connectivity index (χ1) is 14.5. The maximum atomic E-state index is 12.4. The summed E-state index contributed by atoms with van der Waals surface area (Å²) < 4.78 is 5.77. The molecule has 30 heavy (non-hydrogen) atoms. The smallest absolute Gasteiger partial charge is 0.249 e. The Kier molecular flexibility index (Phi) is 8.25. The molecule has 0 aliphatic rings. The maximum Gasteiger partial charge on any atom is 0.249 e. The molecule has 0 bridgehead atoms. The lowest BCUT2D eigenvalue weighted by atomic mass is 10.1. The second-order valence-corrected chi connectivity index (χ2v) is 7.76. The average Bonchev–Trinajstić information content (AvgIpc) is 3.18. The van der Waals surface area contributed by atoms with Crippen LogP contribution in [0.5, 0.6) is 0 Å². The molecular formula is C22H24Cl2N4O2. The quantitative estimate of drug-likeness (QED) is 0.491. The van der Waals surface area contributed by atoms with Crippen molar-refractivity contribution in [3.8, 4) is 11.5 Å². The van der Waals surface area contributed by atoms with Crippen LogP contribution in [0.3, 0.4) is 0 Å². The lowest BCUT2D eigenvalue weighted by Gasteiger charge is -2.19. The molecule has 0 spiro atoms. The second kappa shape index (κ2) is 11.1. The molecule has 0 radical (unpaired) electrons. The summed E-state index contributed by atoms with van der Waals surface area (Å²) in [5.74, 6) is 0.787. The predicted octanol–water partition coefficient (Wildman–Crippen LogP) is 4.61. The van der Waals surface area contributed by atoms with Crippen LogP contribution in [0.4, 0.5) is 0 Å². The Morgan fingerprint density at radius 3 is 2.60 bits per heavy atom. The third-order valence-electron chi connectivity index (χ3n) is 4.49. The van der Waals surface area contributed by atoms with Crippen LogP contribution in [0, 0.1) is 0 Å². The zero-order valence-corrected chi connectivity index (χ0v) is 18.3. The average molecular weight is 447 g/mol. The molecule has 8 heteroatoms. The van der Waals surface area contributed by atoms with Gasteiger partial charge in [0.2, 0.25) is 17.7 Å². The van der Waals surface area contributed by atoms with Crippen molar-refractivity contribution in [1.82, 2.24) is 20.4 Å². The Hall–Kier alpha value is -2.41. The zero-order valence-electron chi connectivity index (χ0n) is 16.8. The van der Waals surface area contributed by atoms with Gasteiger partial charge in [-0.25, -0.2) is 0 Å². The number of hydrogen-bond acceptors (Lipinski definition) is 5. The Bertz CT molecular complexity index is 960. The molecule has 0 saturated carbocycles. The van der Waals surface area contributed by atoms with Crippen molar-refractivity contribution in [2.75, 3.05) is 19.6 Å². The molecule has 0 unspecified atom stereocenters. The maximum absolute atomic E-state index is 12.4. The van der Waals surface area contributed by atoms with Crippen LogP contribution in [0.25, 0.3) is 11.5 Å². The molecule has 158 valence electrons. The molecule has 3 rings (SSSR count). The fraction of sp³-hybridized carbons (Fsp3) is 0.318. The van der Waals surface area contributed by atoms with E-state index < -0.39 is 0 Å². The van der Waals surface area contributed by atoms with Gasteiger partial charge in [0.15, 0.2) is 0 Å². The number of carbonyl (C=O) groups excluding carboxylic acids is 1. The molecule has 1 N–H and O–H groups in total. The number of aromatic nitrogens is 2. The fourth-order valence-electron chi connectivity index (χ4n) is 3.04. The largest absolute Gasteiger partial charge is 0.419 e. The first-order valence-electron chi connectivity index (χ1n) is 9.86. The van der Waals surface area contributed by atoms with Crippen LogP contribution in [0.2, 0.25) is 10.0 Å². The van der Waals surface area contributed by atoms with E-state index in [4.69, 9.17) is 27.6 Å². The topological polar surface area (TPSA) is 71.3 Å². The summed E-state index contributed by atoms with van der Waals surface area (Å²) in [6, 6.07) is 14.9. The van der Waals surface area contributed by atoms with E-state index in [1.54, 1.807) is 6.07 Å². The van der Waals surface area contributed by atoms with Gasteiger partial charge in [0.1, 0.15) is 0 Å². The standard InChI is InChI=1S/C22H24Cl2N4O2/c1-2-13-28(14-20(29)25-12-11-16-7-9-17(23)10-8-16)15-21-26-27-22(30-21)18-5-3-4-6-19(18)24/h3-10H,2,11-15H2,1H3,(H,25,29). The summed E-state index contributed by atoms with van der Waals surface area (Å²) in [5, 5.41) is 12.4. The van der Waals surface area contributed by atoms with Crippen molar-refractivity contribution < 1.29 is 9.21 Å². The van der Waals surface area contributed by atoms with Gasteiger partial charge in [-0.2, -0.15) is 0 Å². The van der Waals surface area contributed by atoms with Crippen molar-refractivity contribution in [2.24, 2.45) is 0 Å². The van der Waals surface area contributed by atoms with E-state index in [1.165, 1.54) is 0 Å². The van der Waals surface area contributed by atoms with E-state index >= 15 is 0 Å². The molecule has 0 saturated heterocycles. The SMILES string of the molecule is CCCN(CC(=O)NCCc1ccc(Cl)cc1)Cc1nnc(-c2ccccc2Cl)o1. The van der Waals surface area contributed by atoms with Crippen LogP contribution in [-0.2, 0) is 17.8 Å². The number of benzene rings is 2. The molecule has 2 aromatic carbocycles. The van der Waals surface area contributed by atoms with E-state index in [9.17, 15) is 4.79 Å².